The van der Waals surface area contributed by atoms with Gasteiger partial charge < -0.3 is 10.0 Å². The molecule has 102 valence electrons. The molecule has 3 nitrogen and oxygen atoms in total. The van der Waals surface area contributed by atoms with E-state index in [0.717, 1.165) is 24.1 Å². The molecule has 1 aliphatic carbocycles. The summed E-state index contributed by atoms with van der Waals surface area (Å²) in [6.45, 7) is 0.827. The van der Waals surface area contributed by atoms with Crippen molar-refractivity contribution in [3.63, 3.8) is 0 Å². The Morgan fingerprint density at radius 2 is 2.16 bits per heavy atom. The van der Waals surface area contributed by atoms with E-state index in [0.29, 0.717) is 5.92 Å². The van der Waals surface area contributed by atoms with Crippen molar-refractivity contribution in [2.45, 2.75) is 44.6 Å². The second-order valence-electron chi connectivity index (χ2n) is 5.81. The normalized spacial score (nSPS) is 24.8. The first-order valence-electron chi connectivity index (χ1n) is 7.38. The maximum atomic E-state index is 10.5. The molecule has 0 amide bonds. The Balaban J connectivity index is 1.69. The van der Waals surface area contributed by atoms with E-state index in [2.05, 4.69) is 4.99 Å². The molecule has 3 rings (SSSR count). The Kier molecular flexibility index (Phi) is 3.83. The highest BCUT2D eigenvalue weighted by Crippen LogP contribution is 2.31. The van der Waals surface area contributed by atoms with Crippen LogP contribution in [0.4, 0.5) is 0 Å². The van der Waals surface area contributed by atoms with E-state index in [1.54, 1.807) is 0 Å². The molecule has 0 aromatic heterocycles. The zero-order chi connectivity index (χ0) is 13.1. The number of hydrogen-bond acceptors (Lipinski definition) is 3. The van der Waals surface area contributed by atoms with Crippen molar-refractivity contribution in [2.75, 3.05) is 6.54 Å². The molecule has 2 aliphatic heterocycles. The molecule has 2 bridgehead atoms. The molecule has 0 saturated heterocycles. The minimum absolute atomic E-state index is 0.341. The van der Waals surface area contributed by atoms with Gasteiger partial charge in [-0.05, 0) is 29.6 Å². The number of hydrogen-bond donors (Lipinski definition) is 1. The lowest BCUT2D eigenvalue weighted by molar-refractivity contribution is 0.161. The average molecular weight is 258 g/mol. The Morgan fingerprint density at radius 1 is 1.32 bits per heavy atom. The zero-order valence-electron chi connectivity index (χ0n) is 11.3. The molecular formula is C16H22N2O. The summed E-state index contributed by atoms with van der Waals surface area (Å²) in [4.78, 5) is 6.28. The molecule has 1 N–H and O–H groups in total. The fraction of sp³-hybridized carbons (Fsp3) is 0.562. The number of rotatable bonds is 3. The third-order valence-corrected chi connectivity index (χ3v) is 4.36. The van der Waals surface area contributed by atoms with Gasteiger partial charge in [0.05, 0.1) is 19.0 Å². The van der Waals surface area contributed by atoms with Gasteiger partial charge in [-0.15, -0.1) is 0 Å². The van der Waals surface area contributed by atoms with Crippen LogP contribution in [0.5, 0.6) is 0 Å². The molecule has 3 aliphatic rings. The summed E-state index contributed by atoms with van der Waals surface area (Å²) in [5.74, 6) is 0.695. The minimum atomic E-state index is -0.341. The summed E-state index contributed by atoms with van der Waals surface area (Å²) in [6, 6.07) is 0. The molecule has 1 saturated carbocycles. The van der Waals surface area contributed by atoms with Crippen LogP contribution in [0, 0.1) is 5.92 Å². The van der Waals surface area contributed by atoms with Gasteiger partial charge in [0, 0.05) is 12.4 Å². The van der Waals surface area contributed by atoms with Crippen LogP contribution in [0.1, 0.15) is 38.5 Å². The van der Waals surface area contributed by atoms with Crippen molar-refractivity contribution in [3.05, 3.63) is 35.7 Å². The number of aliphatic hydroxyl groups is 1. The molecule has 0 aromatic carbocycles. The number of nitrogens with zero attached hydrogens (tertiary/aromatic N) is 2. The van der Waals surface area contributed by atoms with Crippen LogP contribution in [-0.2, 0) is 0 Å². The molecule has 0 aromatic rings. The molecule has 19 heavy (non-hydrogen) atoms. The van der Waals surface area contributed by atoms with Crippen molar-refractivity contribution in [3.8, 4) is 0 Å². The van der Waals surface area contributed by atoms with Gasteiger partial charge in [0.2, 0.25) is 0 Å². The Bertz CT molecular complexity index is 442. The first-order valence-corrected chi connectivity index (χ1v) is 7.38. The first kappa shape index (κ1) is 12.7. The lowest BCUT2D eigenvalue weighted by Gasteiger charge is -2.27. The topological polar surface area (TPSA) is 35.8 Å². The number of fused-ring (bicyclic) bond motifs is 2. The molecule has 0 spiro atoms. The summed E-state index contributed by atoms with van der Waals surface area (Å²) >= 11 is 0. The largest absolute Gasteiger partial charge is 0.388 e. The second-order valence-corrected chi connectivity index (χ2v) is 5.81. The van der Waals surface area contributed by atoms with Gasteiger partial charge >= 0.3 is 0 Å². The molecule has 3 heteroatoms. The summed E-state index contributed by atoms with van der Waals surface area (Å²) in [5.41, 5.74) is 2.21. The van der Waals surface area contributed by atoms with Crippen LogP contribution in [0.3, 0.4) is 0 Å². The maximum absolute atomic E-state index is 10.5. The average Bonchev–Trinajstić information content (AvgIpc) is 2.58. The van der Waals surface area contributed by atoms with Gasteiger partial charge in [0.1, 0.15) is 0 Å². The monoisotopic (exact) mass is 258 g/mol. The van der Waals surface area contributed by atoms with Gasteiger partial charge in [-0.1, -0.05) is 38.2 Å². The van der Waals surface area contributed by atoms with E-state index in [1.165, 1.54) is 32.1 Å². The lowest BCUT2D eigenvalue weighted by Crippen LogP contribution is -2.25. The van der Waals surface area contributed by atoms with Crippen LogP contribution >= 0.6 is 0 Å². The van der Waals surface area contributed by atoms with Crippen LogP contribution in [0.25, 0.3) is 0 Å². The second kappa shape index (κ2) is 5.74. The van der Waals surface area contributed by atoms with Crippen LogP contribution in [0.2, 0.25) is 0 Å². The standard InChI is InChI=1S/C16H22N2O/c19-16(9-13-5-2-1-3-6-13)15-7-4-8-18-11-14(15)10-17-12-18/h4,7-8,10,12-13,16,19H,1-3,5-6,9,11H2. The highest BCUT2D eigenvalue weighted by Gasteiger charge is 2.23. The summed E-state index contributed by atoms with van der Waals surface area (Å²) in [5, 5.41) is 10.5. The molecular weight excluding hydrogens is 236 g/mol. The third-order valence-electron chi connectivity index (χ3n) is 4.36. The van der Waals surface area contributed by atoms with E-state index >= 15 is 0 Å². The Labute approximate surface area is 115 Å². The quantitative estimate of drug-likeness (QED) is 0.844. The Hall–Kier alpha value is -1.35. The number of aliphatic imine (C=N–C) groups is 1. The maximum Gasteiger partial charge on any atom is 0.0948 e. The summed E-state index contributed by atoms with van der Waals surface area (Å²) < 4.78 is 0. The highest BCUT2D eigenvalue weighted by atomic mass is 16.3. The predicted octanol–water partition coefficient (Wildman–Crippen LogP) is 3.00. The number of allylic oxidation sites excluding steroid dienone is 2. The van der Waals surface area contributed by atoms with E-state index in [4.69, 9.17) is 0 Å². The molecule has 1 fully saturated rings. The fourth-order valence-electron chi connectivity index (χ4n) is 3.30. The van der Waals surface area contributed by atoms with E-state index in [9.17, 15) is 5.11 Å². The van der Waals surface area contributed by atoms with E-state index in [1.807, 2.05) is 35.8 Å². The molecule has 1 unspecified atom stereocenters. The molecule has 1 atom stereocenters. The third kappa shape index (κ3) is 2.98. The lowest BCUT2D eigenvalue weighted by atomic mass is 9.83. The van der Waals surface area contributed by atoms with Gasteiger partial charge in [-0.25, -0.2) is 4.99 Å². The first-order chi connectivity index (χ1) is 9.33. The summed E-state index contributed by atoms with van der Waals surface area (Å²) in [6.07, 6.45) is 16.9. The highest BCUT2D eigenvalue weighted by molar-refractivity contribution is 5.62. The SMILES string of the molecule is OC(CC1CCCCC1)C1=CC=CN2C=NC=C1C2. The molecule has 0 radical (unpaired) electrons. The number of aliphatic hydroxyl groups excluding tert-OH is 1. The van der Waals surface area contributed by atoms with Crippen LogP contribution in [-0.4, -0.2) is 29.0 Å². The summed E-state index contributed by atoms with van der Waals surface area (Å²) in [7, 11) is 0. The smallest absolute Gasteiger partial charge is 0.0948 e. The van der Waals surface area contributed by atoms with Crippen LogP contribution < -0.4 is 0 Å². The van der Waals surface area contributed by atoms with Crippen molar-refractivity contribution in [1.82, 2.24) is 4.90 Å². The molecule has 2 heterocycles. The van der Waals surface area contributed by atoms with E-state index < -0.39 is 0 Å². The minimum Gasteiger partial charge on any atom is -0.388 e. The van der Waals surface area contributed by atoms with Crippen molar-refractivity contribution < 1.29 is 5.11 Å². The predicted molar refractivity (Wildman–Crippen MR) is 77.7 cm³/mol. The zero-order valence-corrected chi connectivity index (χ0v) is 11.3. The van der Waals surface area contributed by atoms with Gasteiger partial charge in [-0.3, -0.25) is 0 Å². The van der Waals surface area contributed by atoms with Crippen molar-refractivity contribution in [1.29, 1.82) is 0 Å². The van der Waals surface area contributed by atoms with E-state index in [-0.39, 0.29) is 6.10 Å². The van der Waals surface area contributed by atoms with Gasteiger partial charge in [0.15, 0.2) is 0 Å². The van der Waals surface area contributed by atoms with Crippen molar-refractivity contribution in [2.24, 2.45) is 10.9 Å². The van der Waals surface area contributed by atoms with Crippen molar-refractivity contribution >= 4 is 6.34 Å². The Morgan fingerprint density at radius 3 is 3.00 bits per heavy atom. The van der Waals surface area contributed by atoms with Gasteiger partial charge in [-0.2, -0.15) is 0 Å². The fourth-order valence-corrected chi connectivity index (χ4v) is 3.30. The van der Waals surface area contributed by atoms with Gasteiger partial charge in [0.25, 0.3) is 0 Å². The van der Waals surface area contributed by atoms with Crippen LogP contribution in [0.15, 0.2) is 40.7 Å².